The molecular weight excluding hydrogens is 353 g/mol. The molecule has 146 valence electrons. The van der Waals surface area contributed by atoms with Crippen molar-refractivity contribution in [2.24, 2.45) is 0 Å². The summed E-state index contributed by atoms with van der Waals surface area (Å²) in [5.41, 5.74) is 0. The second-order valence-electron chi connectivity index (χ2n) is 7.26. The SMILES string of the molecule is C=CC[Si](CC=C)(CC=C)N(CCCCC)[Si](CC=C)(CC=C)CC=C.[Li+]. The van der Waals surface area contributed by atoms with Gasteiger partial charge in [-0.3, -0.25) is 0 Å². The van der Waals surface area contributed by atoms with Gasteiger partial charge in [-0.15, -0.1) is 39.5 Å². The monoisotopic (exact) mass is 394 g/mol. The molecular formula is C23H41LiNSi2+. The summed E-state index contributed by atoms with van der Waals surface area (Å²) in [6.45, 7) is 28.1. The van der Waals surface area contributed by atoms with Gasteiger partial charge in [0.2, 0.25) is 0 Å². The first-order valence-corrected chi connectivity index (χ1v) is 15.1. The van der Waals surface area contributed by atoms with Crippen LogP contribution >= 0.6 is 0 Å². The number of unbranched alkanes of at least 4 members (excludes halogenated alkanes) is 2. The van der Waals surface area contributed by atoms with E-state index in [2.05, 4.69) is 87.1 Å². The molecule has 0 aromatic heterocycles. The topological polar surface area (TPSA) is 3.24 Å². The van der Waals surface area contributed by atoms with Crippen molar-refractivity contribution in [1.29, 1.82) is 0 Å². The van der Waals surface area contributed by atoms with Gasteiger partial charge >= 0.3 is 18.9 Å². The van der Waals surface area contributed by atoms with E-state index in [-0.39, 0.29) is 18.9 Å². The molecule has 0 amide bonds. The number of allylic oxidation sites excluding steroid dienone is 6. The van der Waals surface area contributed by atoms with Gasteiger partial charge in [-0.25, -0.2) is 0 Å². The van der Waals surface area contributed by atoms with Gasteiger partial charge in [-0.1, -0.05) is 56.2 Å². The van der Waals surface area contributed by atoms with Gasteiger partial charge in [-0.2, -0.15) is 0 Å². The molecule has 0 aliphatic heterocycles. The fraction of sp³-hybridized carbons (Fsp3) is 0.478. The van der Waals surface area contributed by atoms with E-state index in [4.69, 9.17) is 0 Å². The molecule has 0 aromatic rings. The van der Waals surface area contributed by atoms with Gasteiger partial charge in [0, 0.05) is 0 Å². The molecule has 0 fully saturated rings. The first kappa shape index (κ1) is 28.6. The van der Waals surface area contributed by atoms with Crippen LogP contribution in [0, 0.1) is 0 Å². The molecule has 4 heteroatoms. The second-order valence-corrected chi connectivity index (χ2v) is 16.1. The predicted octanol–water partition coefficient (Wildman–Crippen LogP) is 4.49. The van der Waals surface area contributed by atoms with Crippen molar-refractivity contribution in [3.05, 3.63) is 75.9 Å². The minimum Gasteiger partial charge on any atom is -0.344 e. The zero-order valence-corrected chi connectivity index (χ0v) is 20.2. The average molecular weight is 395 g/mol. The van der Waals surface area contributed by atoms with E-state index in [1.54, 1.807) is 0 Å². The third-order valence-corrected chi connectivity index (χ3v) is 17.2. The van der Waals surface area contributed by atoms with E-state index in [0.717, 1.165) is 42.8 Å². The third kappa shape index (κ3) is 8.54. The van der Waals surface area contributed by atoms with E-state index < -0.39 is 16.5 Å². The molecule has 0 spiro atoms. The zero-order chi connectivity index (χ0) is 19.9. The summed E-state index contributed by atoms with van der Waals surface area (Å²) in [4.78, 5) is 0. The molecule has 0 aliphatic carbocycles. The van der Waals surface area contributed by atoms with Crippen LogP contribution in [0.4, 0.5) is 0 Å². The molecule has 0 saturated carbocycles. The van der Waals surface area contributed by atoms with Crippen molar-refractivity contribution in [3.63, 3.8) is 0 Å². The van der Waals surface area contributed by atoms with Crippen LogP contribution < -0.4 is 18.9 Å². The molecule has 0 aliphatic rings. The maximum Gasteiger partial charge on any atom is 1.00 e. The number of hydrogen-bond acceptors (Lipinski definition) is 1. The van der Waals surface area contributed by atoms with Gasteiger partial charge in [0.15, 0.2) is 0 Å². The Morgan fingerprint density at radius 1 is 0.593 bits per heavy atom. The van der Waals surface area contributed by atoms with Crippen molar-refractivity contribution in [2.75, 3.05) is 6.54 Å². The first-order chi connectivity index (χ1) is 12.6. The molecule has 1 nitrogen and oxygen atoms in total. The normalized spacial score (nSPS) is 11.3. The Balaban J connectivity index is 0. The summed E-state index contributed by atoms with van der Waals surface area (Å²) in [6, 6.07) is 6.48. The second kappa shape index (κ2) is 16.4. The Hall–Kier alpha value is -0.569. The van der Waals surface area contributed by atoms with Gasteiger partial charge in [-0.05, 0) is 49.2 Å². The van der Waals surface area contributed by atoms with Crippen molar-refractivity contribution in [2.45, 2.75) is 62.5 Å². The summed E-state index contributed by atoms with van der Waals surface area (Å²) in [5, 5.41) is 0. The Labute approximate surface area is 184 Å². The number of nitrogens with zero attached hydrogens (tertiary/aromatic N) is 1. The molecule has 0 rings (SSSR count). The van der Waals surface area contributed by atoms with Crippen molar-refractivity contribution in [3.8, 4) is 0 Å². The summed E-state index contributed by atoms with van der Waals surface area (Å²) < 4.78 is 2.98. The molecule has 0 N–H and O–H groups in total. The van der Waals surface area contributed by atoms with E-state index >= 15 is 0 Å². The van der Waals surface area contributed by atoms with Gasteiger partial charge in [0.05, 0.1) is 0 Å². The van der Waals surface area contributed by atoms with Crippen molar-refractivity contribution >= 4 is 16.5 Å². The Kier molecular flexibility index (Phi) is 17.4. The van der Waals surface area contributed by atoms with Crippen LogP contribution in [-0.4, -0.2) is 27.2 Å². The van der Waals surface area contributed by atoms with Gasteiger partial charge in [0.1, 0.15) is 16.5 Å². The molecule has 0 heterocycles. The fourth-order valence-electron chi connectivity index (χ4n) is 4.27. The van der Waals surface area contributed by atoms with Crippen LogP contribution in [-0.2, 0) is 0 Å². The van der Waals surface area contributed by atoms with Crippen molar-refractivity contribution < 1.29 is 18.9 Å². The Morgan fingerprint density at radius 2 is 0.889 bits per heavy atom. The maximum atomic E-state index is 4.10. The number of hydrogen-bond donors (Lipinski definition) is 0. The van der Waals surface area contributed by atoms with E-state index in [1.807, 2.05) is 0 Å². The van der Waals surface area contributed by atoms with Crippen molar-refractivity contribution in [1.82, 2.24) is 4.23 Å². The largest absolute Gasteiger partial charge is 1.00 e. The maximum absolute atomic E-state index is 4.10. The van der Waals surface area contributed by atoms with Crippen LogP contribution in [0.25, 0.3) is 0 Å². The zero-order valence-electron chi connectivity index (χ0n) is 18.2. The minimum atomic E-state index is -1.82. The Bertz CT molecular complexity index is 382. The van der Waals surface area contributed by atoms with Crippen LogP contribution in [0.1, 0.15) is 26.2 Å². The first-order valence-electron chi connectivity index (χ1n) is 9.99. The summed E-state index contributed by atoms with van der Waals surface area (Å²) in [7, 11) is -3.65. The molecule has 0 atom stereocenters. The van der Waals surface area contributed by atoms with E-state index in [9.17, 15) is 0 Å². The molecule has 0 radical (unpaired) electrons. The quantitative estimate of drug-likeness (QED) is 0.188. The van der Waals surface area contributed by atoms with Crippen LogP contribution in [0.2, 0.25) is 36.3 Å². The van der Waals surface area contributed by atoms with Crippen LogP contribution in [0.5, 0.6) is 0 Å². The Morgan fingerprint density at radius 3 is 1.11 bits per heavy atom. The molecule has 27 heavy (non-hydrogen) atoms. The summed E-state index contributed by atoms with van der Waals surface area (Å²) >= 11 is 0. The number of rotatable bonds is 18. The summed E-state index contributed by atoms with van der Waals surface area (Å²) in [5.74, 6) is 0. The van der Waals surface area contributed by atoms with E-state index in [1.165, 1.54) is 19.3 Å². The average Bonchev–Trinajstić information content (AvgIpc) is 2.60. The van der Waals surface area contributed by atoms with Crippen LogP contribution in [0.15, 0.2) is 75.9 Å². The summed E-state index contributed by atoms with van der Waals surface area (Å²) in [6.07, 6.45) is 16.5. The van der Waals surface area contributed by atoms with E-state index in [0.29, 0.717) is 0 Å². The standard InChI is InChI=1S/C23H41NSi2.Li/c1-8-15-16-17-24(25(18-9-2,19-10-3)20-11-4)26(21-12-5,22-13-6)23-14-7;/h9-14H,2-8,15-23H2,1H3;/q;+1. The fourth-order valence-corrected chi connectivity index (χ4v) is 16.7. The van der Waals surface area contributed by atoms with Crippen LogP contribution in [0.3, 0.4) is 0 Å². The molecule has 0 bridgehead atoms. The molecule has 0 saturated heterocycles. The minimum absolute atomic E-state index is 0. The van der Waals surface area contributed by atoms with Gasteiger partial charge < -0.3 is 4.23 Å². The molecule has 0 aromatic carbocycles. The predicted molar refractivity (Wildman–Crippen MR) is 128 cm³/mol. The van der Waals surface area contributed by atoms with Gasteiger partial charge in [0.25, 0.3) is 0 Å². The smallest absolute Gasteiger partial charge is 0.344 e. The molecule has 0 unspecified atom stereocenters. The third-order valence-electron chi connectivity index (χ3n) is 5.28.